The minimum atomic E-state index is -1.23. The maximum atomic E-state index is 13.6. The lowest BCUT2D eigenvalue weighted by atomic mass is 9.74. The summed E-state index contributed by atoms with van der Waals surface area (Å²) in [5, 5.41) is 11.5. The highest BCUT2D eigenvalue weighted by Gasteiger charge is 2.53. The first-order chi connectivity index (χ1) is 16.9. The van der Waals surface area contributed by atoms with Gasteiger partial charge in [-0.05, 0) is 36.6 Å². The number of likely N-dealkylation sites (tertiary alicyclic amines) is 1. The summed E-state index contributed by atoms with van der Waals surface area (Å²) in [5.41, 5.74) is 1.74. The van der Waals surface area contributed by atoms with E-state index in [4.69, 9.17) is 4.74 Å². The fourth-order valence-corrected chi connectivity index (χ4v) is 4.53. The number of nitrogens with one attached hydrogen (secondary N) is 1. The smallest absolute Gasteiger partial charge is 0.240 e. The molecule has 4 rings (SSSR count). The molecule has 9 nitrogen and oxygen atoms in total. The van der Waals surface area contributed by atoms with Gasteiger partial charge in [-0.25, -0.2) is 0 Å². The van der Waals surface area contributed by atoms with Crippen LogP contribution in [0.15, 0.2) is 60.8 Å². The molecule has 35 heavy (non-hydrogen) atoms. The highest BCUT2D eigenvalue weighted by Crippen LogP contribution is 2.41. The topological polar surface area (TPSA) is 106 Å². The second-order valence-corrected chi connectivity index (χ2v) is 8.69. The van der Waals surface area contributed by atoms with Crippen molar-refractivity contribution in [1.82, 2.24) is 25.2 Å². The van der Waals surface area contributed by atoms with Crippen molar-refractivity contribution < 1.29 is 19.1 Å². The standard InChI is InChI=1S/C26H29N5O4/c1-19-9-6-7-12-22(19)26(16-24(33)30(25(26)34)13-8-14-35-2)15-23(32)27-17-20-18-28-31(29-20)21-10-4-3-5-11-21/h3-7,9-12,18H,8,13-17H2,1-2H3,(H,27,32). The maximum absolute atomic E-state index is 13.6. The van der Waals surface area contributed by atoms with Crippen molar-refractivity contribution in [2.45, 2.75) is 38.1 Å². The van der Waals surface area contributed by atoms with Crippen LogP contribution < -0.4 is 5.32 Å². The Morgan fingerprint density at radius 1 is 1.11 bits per heavy atom. The largest absolute Gasteiger partial charge is 0.385 e. The summed E-state index contributed by atoms with van der Waals surface area (Å²) >= 11 is 0. The molecule has 0 aliphatic carbocycles. The maximum Gasteiger partial charge on any atom is 0.240 e. The Kier molecular flexibility index (Phi) is 7.36. The Balaban J connectivity index is 1.51. The number of carbonyl (C=O) groups excluding carboxylic acids is 3. The van der Waals surface area contributed by atoms with Crippen LogP contribution in [-0.2, 0) is 31.1 Å². The molecule has 0 spiro atoms. The number of amides is 3. The normalized spacial score (nSPS) is 17.7. The molecule has 0 bridgehead atoms. The highest BCUT2D eigenvalue weighted by molar-refractivity contribution is 6.10. The highest BCUT2D eigenvalue weighted by atomic mass is 16.5. The van der Waals surface area contributed by atoms with E-state index in [1.165, 1.54) is 9.70 Å². The van der Waals surface area contributed by atoms with Crippen molar-refractivity contribution in [2.24, 2.45) is 0 Å². The van der Waals surface area contributed by atoms with Crippen LogP contribution in [-0.4, -0.2) is 57.9 Å². The minimum absolute atomic E-state index is 0.0404. The van der Waals surface area contributed by atoms with E-state index in [0.717, 1.165) is 11.3 Å². The van der Waals surface area contributed by atoms with E-state index in [1.54, 1.807) is 13.3 Å². The minimum Gasteiger partial charge on any atom is -0.385 e. The van der Waals surface area contributed by atoms with Crippen molar-refractivity contribution in [3.8, 4) is 5.69 Å². The van der Waals surface area contributed by atoms with Gasteiger partial charge in [-0.2, -0.15) is 15.0 Å². The number of ether oxygens (including phenoxy) is 1. The van der Waals surface area contributed by atoms with Gasteiger partial charge in [-0.3, -0.25) is 19.3 Å². The number of hydrogen-bond acceptors (Lipinski definition) is 6. The van der Waals surface area contributed by atoms with Crippen molar-refractivity contribution in [1.29, 1.82) is 0 Å². The third-order valence-electron chi connectivity index (χ3n) is 6.25. The molecule has 2 aromatic carbocycles. The summed E-state index contributed by atoms with van der Waals surface area (Å²) in [6, 6.07) is 16.9. The van der Waals surface area contributed by atoms with Crippen molar-refractivity contribution in [2.75, 3.05) is 20.3 Å². The van der Waals surface area contributed by atoms with Crippen LogP contribution in [0.2, 0.25) is 0 Å². The molecule has 1 atom stereocenters. The van der Waals surface area contributed by atoms with Crippen LogP contribution in [0.25, 0.3) is 5.69 Å². The van der Waals surface area contributed by atoms with Crippen LogP contribution >= 0.6 is 0 Å². The summed E-state index contributed by atoms with van der Waals surface area (Å²) in [6.07, 6.45) is 1.96. The Bertz CT molecular complexity index is 1210. The molecule has 3 amide bonds. The van der Waals surface area contributed by atoms with Gasteiger partial charge < -0.3 is 10.1 Å². The summed E-state index contributed by atoms with van der Waals surface area (Å²) in [7, 11) is 1.58. The van der Waals surface area contributed by atoms with Crippen LogP contribution in [0.1, 0.15) is 36.1 Å². The monoisotopic (exact) mass is 475 g/mol. The number of nitrogens with zero attached hydrogens (tertiary/aromatic N) is 4. The molecule has 1 saturated heterocycles. The second kappa shape index (κ2) is 10.6. The lowest BCUT2D eigenvalue weighted by molar-refractivity contribution is -0.141. The van der Waals surface area contributed by atoms with Gasteiger partial charge in [-0.15, -0.1) is 0 Å². The number of rotatable bonds is 10. The fraction of sp³-hybridized carbons (Fsp3) is 0.346. The lowest BCUT2D eigenvalue weighted by Crippen LogP contribution is -2.43. The van der Waals surface area contributed by atoms with Crippen molar-refractivity contribution in [3.63, 3.8) is 0 Å². The van der Waals surface area contributed by atoms with E-state index in [0.29, 0.717) is 24.3 Å². The van der Waals surface area contributed by atoms with Gasteiger partial charge in [-0.1, -0.05) is 42.5 Å². The fourth-order valence-electron chi connectivity index (χ4n) is 4.53. The molecule has 1 aromatic heterocycles. The van der Waals surface area contributed by atoms with E-state index >= 15 is 0 Å². The quantitative estimate of drug-likeness (QED) is 0.356. The van der Waals surface area contributed by atoms with E-state index in [2.05, 4.69) is 15.5 Å². The SMILES string of the molecule is COCCCN1C(=O)CC(CC(=O)NCc2cnn(-c3ccccc3)n2)(c2ccccc2C)C1=O. The number of hydrogen-bond donors (Lipinski definition) is 1. The van der Waals surface area contributed by atoms with Gasteiger partial charge in [0.15, 0.2) is 0 Å². The number of benzene rings is 2. The van der Waals surface area contributed by atoms with Gasteiger partial charge in [0.1, 0.15) is 5.69 Å². The van der Waals surface area contributed by atoms with Gasteiger partial charge in [0.2, 0.25) is 17.7 Å². The van der Waals surface area contributed by atoms with Crippen LogP contribution in [0.4, 0.5) is 0 Å². The van der Waals surface area contributed by atoms with Gasteiger partial charge in [0, 0.05) is 33.1 Å². The molecule has 1 fully saturated rings. The molecule has 9 heteroatoms. The predicted octanol–water partition coefficient (Wildman–Crippen LogP) is 2.32. The van der Waals surface area contributed by atoms with Gasteiger partial charge in [0.05, 0.1) is 23.8 Å². The first-order valence-corrected chi connectivity index (χ1v) is 11.6. The molecule has 182 valence electrons. The molecule has 0 saturated carbocycles. The molecule has 3 aromatic rings. The number of aromatic nitrogens is 3. The summed E-state index contributed by atoms with van der Waals surface area (Å²) in [4.78, 5) is 42.4. The summed E-state index contributed by atoms with van der Waals surface area (Å²) in [6.45, 7) is 2.76. The van der Waals surface area contributed by atoms with Crippen molar-refractivity contribution in [3.05, 3.63) is 77.6 Å². The molecular weight excluding hydrogens is 446 g/mol. The summed E-state index contributed by atoms with van der Waals surface area (Å²) in [5.74, 6) is -0.937. The summed E-state index contributed by atoms with van der Waals surface area (Å²) < 4.78 is 5.07. The Morgan fingerprint density at radius 2 is 1.86 bits per heavy atom. The van der Waals surface area contributed by atoms with E-state index in [9.17, 15) is 14.4 Å². The number of methoxy groups -OCH3 is 1. The Labute approximate surface area is 204 Å². The zero-order chi connectivity index (χ0) is 24.8. The number of imide groups is 1. The van der Waals surface area contributed by atoms with E-state index in [-0.39, 0.29) is 43.7 Å². The van der Waals surface area contributed by atoms with Crippen molar-refractivity contribution >= 4 is 17.7 Å². The van der Waals surface area contributed by atoms with E-state index < -0.39 is 5.41 Å². The average molecular weight is 476 g/mol. The van der Waals surface area contributed by atoms with Crippen LogP contribution in [0.5, 0.6) is 0 Å². The zero-order valence-electron chi connectivity index (χ0n) is 19.9. The Morgan fingerprint density at radius 3 is 2.60 bits per heavy atom. The number of carbonyl (C=O) groups is 3. The third kappa shape index (κ3) is 5.14. The number of aryl methyl sites for hydroxylation is 1. The van der Waals surface area contributed by atoms with E-state index in [1.807, 2.05) is 61.5 Å². The second-order valence-electron chi connectivity index (χ2n) is 8.69. The molecular formula is C26H29N5O4. The predicted molar refractivity (Wildman–Crippen MR) is 129 cm³/mol. The molecule has 0 radical (unpaired) electrons. The molecule has 1 aliphatic rings. The van der Waals surface area contributed by atoms with Gasteiger partial charge >= 0.3 is 0 Å². The first kappa shape index (κ1) is 24.3. The molecule has 2 heterocycles. The Hall–Kier alpha value is -3.85. The van der Waals surface area contributed by atoms with Crippen LogP contribution in [0, 0.1) is 6.92 Å². The van der Waals surface area contributed by atoms with Crippen LogP contribution in [0.3, 0.4) is 0 Å². The molecule has 1 N–H and O–H groups in total. The zero-order valence-corrected chi connectivity index (χ0v) is 19.9. The average Bonchev–Trinajstić information content (AvgIpc) is 3.43. The molecule has 1 unspecified atom stereocenters. The number of para-hydroxylation sites is 1. The lowest BCUT2D eigenvalue weighted by Gasteiger charge is -2.28. The first-order valence-electron chi connectivity index (χ1n) is 11.6. The third-order valence-corrected chi connectivity index (χ3v) is 6.25. The molecule has 1 aliphatic heterocycles. The van der Waals surface area contributed by atoms with Gasteiger partial charge in [0.25, 0.3) is 0 Å².